The van der Waals surface area contributed by atoms with Gasteiger partial charge in [-0.2, -0.15) is 0 Å². The molecule has 3 fully saturated rings. The summed E-state index contributed by atoms with van der Waals surface area (Å²) in [7, 11) is 0. The van der Waals surface area contributed by atoms with E-state index in [1.807, 2.05) is 0 Å². The Bertz CT molecular complexity index is 920. The van der Waals surface area contributed by atoms with Crippen molar-refractivity contribution in [2.45, 2.75) is 56.8 Å². The molecule has 6 rings (SSSR count). The van der Waals surface area contributed by atoms with Crippen LogP contribution < -0.4 is 19.3 Å². The van der Waals surface area contributed by atoms with Gasteiger partial charge in [0.1, 0.15) is 0 Å². The second kappa shape index (κ2) is 7.61. The van der Waals surface area contributed by atoms with E-state index in [0.717, 1.165) is 50.6 Å². The Morgan fingerprint density at radius 1 is 0.933 bits per heavy atom. The maximum atomic E-state index is 7.08. The summed E-state index contributed by atoms with van der Waals surface area (Å²) in [6, 6.07) is 10.9. The zero-order chi connectivity index (χ0) is 20.0. The van der Waals surface area contributed by atoms with E-state index in [-0.39, 0.29) is 11.8 Å². The van der Waals surface area contributed by atoms with Crippen LogP contribution in [0.3, 0.4) is 0 Å². The smallest absolute Gasteiger partial charge is 0.278 e. The van der Waals surface area contributed by atoms with E-state index in [4.69, 9.17) is 14.2 Å². The van der Waals surface area contributed by atoms with E-state index in [2.05, 4.69) is 35.2 Å². The Kier molecular flexibility index (Phi) is 4.76. The van der Waals surface area contributed by atoms with Gasteiger partial charge in [-0.15, -0.1) is 0 Å². The molecule has 30 heavy (non-hydrogen) atoms. The van der Waals surface area contributed by atoms with Crippen molar-refractivity contribution in [2.75, 3.05) is 44.3 Å². The second-order valence-electron chi connectivity index (χ2n) is 9.38. The Labute approximate surface area is 178 Å². The highest BCUT2D eigenvalue weighted by molar-refractivity contribution is 6.00. The lowest BCUT2D eigenvalue weighted by molar-refractivity contribution is -0.984. The normalized spacial score (nSPS) is 29.6. The topological polar surface area (TPSA) is 35.4 Å². The van der Waals surface area contributed by atoms with E-state index >= 15 is 0 Å². The molecule has 1 N–H and O–H groups in total. The van der Waals surface area contributed by atoms with Crippen molar-refractivity contribution in [3.05, 3.63) is 30.3 Å². The molecule has 1 aliphatic carbocycles. The van der Waals surface area contributed by atoms with E-state index in [1.165, 1.54) is 61.7 Å². The largest absolute Gasteiger partial charge is 0.475 e. The van der Waals surface area contributed by atoms with Crippen molar-refractivity contribution < 1.29 is 19.1 Å². The van der Waals surface area contributed by atoms with Crippen LogP contribution in [-0.2, 0) is 4.74 Å². The summed E-state index contributed by atoms with van der Waals surface area (Å²) in [5.74, 6) is 1.91. The molecule has 5 heteroatoms. The molecule has 3 heterocycles. The number of nitrogens with one attached hydrogen (secondary N) is 1. The van der Waals surface area contributed by atoms with Gasteiger partial charge in [0.15, 0.2) is 17.6 Å². The summed E-state index contributed by atoms with van der Waals surface area (Å²) >= 11 is 0. The highest BCUT2D eigenvalue weighted by Crippen LogP contribution is 2.48. The van der Waals surface area contributed by atoms with Gasteiger partial charge in [0.2, 0.25) is 0 Å². The molecule has 0 amide bonds. The van der Waals surface area contributed by atoms with E-state index in [9.17, 15) is 0 Å². The minimum atomic E-state index is -0.212. The first kappa shape index (κ1) is 18.8. The van der Waals surface area contributed by atoms with E-state index < -0.39 is 0 Å². The molecule has 2 saturated heterocycles. The Hall–Kier alpha value is -1.98. The molecule has 160 valence electrons. The highest BCUT2D eigenvalue weighted by Gasteiger charge is 2.56. The molecule has 2 aromatic carbocycles. The number of likely N-dealkylation sites (tertiary alicyclic amines) is 1. The minimum Gasteiger partial charge on any atom is -0.475 e. The molecule has 0 bridgehead atoms. The van der Waals surface area contributed by atoms with E-state index in [1.54, 1.807) is 4.90 Å². The molecule has 1 saturated carbocycles. The summed E-state index contributed by atoms with van der Waals surface area (Å²) < 4.78 is 19.6. The average Bonchev–Trinajstić information content (AvgIpc) is 2.83. The van der Waals surface area contributed by atoms with Crippen molar-refractivity contribution in [3.63, 3.8) is 0 Å². The molecule has 2 atom stereocenters. The van der Waals surface area contributed by atoms with Crippen LogP contribution in [0.1, 0.15) is 44.9 Å². The molecule has 0 spiro atoms. The molecule has 2 aromatic rings. The van der Waals surface area contributed by atoms with Gasteiger partial charge in [-0.1, -0.05) is 24.3 Å². The van der Waals surface area contributed by atoms with Crippen LogP contribution in [0.25, 0.3) is 10.8 Å². The standard InChI is InChI=1S/C25H32N2O3/c1-6-12-27(13-7-1)25-11-5-4-10-23(25)29-24-20-9-3-2-8-19(20)21(18-22(24)30-25)26-14-16-28-17-15-26/h2-3,8-9,18,23H,1,4-7,10-17H2/p+1/t23-,25-/m1/s1. The number of quaternary nitrogens is 1. The van der Waals surface area contributed by atoms with Crippen molar-refractivity contribution in [1.29, 1.82) is 0 Å². The van der Waals surface area contributed by atoms with Crippen molar-refractivity contribution in [1.82, 2.24) is 0 Å². The van der Waals surface area contributed by atoms with Gasteiger partial charge in [0, 0.05) is 42.0 Å². The van der Waals surface area contributed by atoms with Crippen LogP contribution in [0.15, 0.2) is 30.3 Å². The predicted octanol–water partition coefficient (Wildman–Crippen LogP) is 3.16. The lowest BCUT2D eigenvalue weighted by Gasteiger charge is -2.50. The Balaban J connectivity index is 1.47. The van der Waals surface area contributed by atoms with Gasteiger partial charge in [-0.05, 0) is 38.5 Å². The maximum Gasteiger partial charge on any atom is 0.278 e. The van der Waals surface area contributed by atoms with E-state index in [0.29, 0.717) is 0 Å². The van der Waals surface area contributed by atoms with Crippen LogP contribution in [-0.4, -0.2) is 51.2 Å². The minimum absolute atomic E-state index is 0.157. The predicted molar refractivity (Wildman–Crippen MR) is 118 cm³/mol. The quantitative estimate of drug-likeness (QED) is 0.827. The second-order valence-corrected chi connectivity index (χ2v) is 9.38. The number of nitrogens with zero attached hydrogens (tertiary/aromatic N) is 1. The summed E-state index contributed by atoms with van der Waals surface area (Å²) in [6.07, 6.45) is 8.80. The lowest BCUT2D eigenvalue weighted by atomic mass is 9.85. The van der Waals surface area contributed by atoms with Crippen LogP contribution in [0.5, 0.6) is 11.5 Å². The van der Waals surface area contributed by atoms with Crippen LogP contribution >= 0.6 is 0 Å². The van der Waals surface area contributed by atoms with Gasteiger partial charge in [-0.25, -0.2) is 0 Å². The molecule has 4 aliphatic rings. The molecular formula is C25H33N2O3+. The van der Waals surface area contributed by atoms with Gasteiger partial charge in [-0.3, -0.25) is 4.90 Å². The summed E-state index contributed by atoms with van der Waals surface area (Å²) in [5.41, 5.74) is 1.05. The van der Waals surface area contributed by atoms with Gasteiger partial charge in [0.05, 0.1) is 26.3 Å². The molecule has 0 unspecified atom stereocenters. The fraction of sp³-hybridized carbons (Fsp3) is 0.600. The van der Waals surface area contributed by atoms with Crippen LogP contribution in [0.2, 0.25) is 0 Å². The maximum absolute atomic E-state index is 7.08. The number of hydrogen-bond donors (Lipinski definition) is 1. The molecule has 3 aliphatic heterocycles. The lowest BCUT2D eigenvalue weighted by Crippen LogP contribution is -3.24. The molecule has 0 radical (unpaired) electrons. The Morgan fingerprint density at radius 2 is 1.73 bits per heavy atom. The third-order valence-corrected chi connectivity index (χ3v) is 7.68. The fourth-order valence-electron chi connectivity index (χ4n) is 6.17. The van der Waals surface area contributed by atoms with Crippen LogP contribution in [0.4, 0.5) is 5.69 Å². The highest BCUT2D eigenvalue weighted by atomic mass is 16.6. The van der Waals surface area contributed by atoms with Crippen molar-refractivity contribution in [2.24, 2.45) is 0 Å². The molecule has 0 aromatic heterocycles. The number of rotatable bonds is 2. The fourth-order valence-corrected chi connectivity index (χ4v) is 6.17. The summed E-state index contributed by atoms with van der Waals surface area (Å²) in [6.45, 7) is 5.83. The number of benzene rings is 2. The third kappa shape index (κ3) is 2.97. The summed E-state index contributed by atoms with van der Waals surface area (Å²) in [5, 5.41) is 2.44. The van der Waals surface area contributed by atoms with Crippen molar-refractivity contribution >= 4 is 16.5 Å². The molecular weight excluding hydrogens is 376 g/mol. The van der Waals surface area contributed by atoms with Crippen molar-refractivity contribution in [3.8, 4) is 11.5 Å². The SMILES string of the molecule is c1ccc2c3c(cc(N4CCOCC4)c2c1)O[C@]1([NH+]2CCCCC2)CCCC[C@H]1O3. The number of anilines is 1. The first-order valence-electron chi connectivity index (χ1n) is 11.9. The van der Waals surface area contributed by atoms with Gasteiger partial charge >= 0.3 is 0 Å². The number of morpholine rings is 1. The molecule has 5 nitrogen and oxygen atoms in total. The number of piperidine rings is 1. The zero-order valence-corrected chi connectivity index (χ0v) is 17.8. The van der Waals surface area contributed by atoms with Gasteiger partial charge < -0.3 is 19.1 Å². The summed E-state index contributed by atoms with van der Waals surface area (Å²) in [4.78, 5) is 4.06. The van der Waals surface area contributed by atoms with Gasteiger partial charge in [0.25, 0.3) is 5.72 Å². The number of fused-ring (bicyclic) bond motifs is 4. The number of ether oxygens (including phenoxy) is 3. The third-order valence-electron chi connectivity index (χ3n) is 7.68. The monoisotopic (exact) mass is 409 g/mol. The Morgan fingerprint density at radius 3 is 2.57 bits per heavy atom. The average molecular weight is 410 g/mol. The van der Waals surface area contributed by atoms with Crippen LogP contribution in [0, 0.1) is 0 Å². The zero-order valence-electron chi connectivity index (χ0n) is 17.8. The first-order chi connectivity index (χ1) is 14.9. The number of hydrogen-bond acceptors (Lipinski definition) is 4. The first-order valence-corrected chi connectivity index (χ1v) is 11.9.